The maximum Gasteiger partial charge on any atom is 0.171 e. The highest BCUT2D eigenvalue weighted by Crippen LogP contribution is 1.90. The van der Waals surface area contributed by atoms with E-state index in [9.17, 15) is 4.79 Å². The van der Waals surface area contributed by atoms with Crippen LogP contribution in [0, 0.1) is 0 Å². The number of hydrogen-bond donors (Lipinski definition) is 0. The predicted octanol–water partition coefficient (Wildman–Crippen LogP) is 0.940. The molecule has 0 saturated carbocycles. The molecule has 1 rings (SSSR count). The van der Waals surface area contributed by atoms with Crippen LogP contribution in [0.3, 0.4) is 0 Å². The second-order valence-electron chi connectivity index (χ2n) is 4.22. The van der Waals surface area contributed by atoms with E-state index in [2.05, 4.69) is 17.2 Å². The first-order valence-corrected chi connectivity index (χ1v) is 6.95. The largest absolute Gasteiger partial charge is 0.379 e. The van der Waals surface area contributed by atoms with Crippen LogP contribution >= 0.6 is 0 Å². The van der Waals surface area contributed by atoms with Gasteiger partial charge in [0.2, 0.25) is 0 Å². The lowest BCUT2D eigenvalue weighted by Crippen LogP contribution is -2.12. The van der Waals surface area contributed by atoms with Crippen LogP contribution in [0.25, 0.3) is 0 Å². The third kappa shape index (κ3) is 7.98. The van der Waals surface area contributed by atoms with Crippen LogP contribution in [0.2, 0.25) is 0 Å². The van der Waals surface area contributed by atoms with Gasteiger partial charge in [-0.05, 0) is 6.42 Å². The SMILES string of the molecule is CCCCOCCOCCOCCn1cc(C=O)nn1. The molecule has 20 heavy (non-hydrogen) atoms. The van der Waals surface area contributed by atoms with Crippen molar-refractivity contribution in [3.8, 4) is 0 Å². The van der Waals surface area contributed by atoms with E-state index in [1.54, 1.807) is 10.9 Å². The van der Waals surface area contributed by atoms with Crippen molar-refractivity contribution in [3.63, 3.8) is 0 Å². The lowest BCUT2D eigenvalue weighted by Gasteiger charge is -2.06. The third-order valence-electron chi connectivity index (χ3n) is 2.53. The van der Waals surface area contributed by atoms with Crippen LogP contribution < -0.4 is 0 Å². The van der Waals surface area contributed by atoms with Crippen molar-refractivity contribution in [1.29, 1.82) is 0 Å². The van der Waals surface area contributed by atoms with E-state index in [0.29, 0.717) is 51.6 Å². The van der Waals surface area contributed by atoms with Gasteiger partial charge < -0.3 is 14.2 Å². The van der Waals surface area contributed by atoms with Crippen molar-refractivity contribution >= 4 is 6.29 Å². The first kappa shape index (κ1) is 16.7. The van der Waals surface area contributed by atoms with Gasteiger partial charge in [-0.2, -0.15) is 0 Å². The molecule has 0 N–H and O–H groups in total. The average molecular weight is 285 g/mol. The predicted molar refractivity (Wildman–Crippen MR) is 72.8 cm³/mol. The number of aromatic nitrogens is 3. The molecule has 0 aliphatic heterocycles. The number of unbranched alkanes of at least 4 members (excludes halogenated alkanes) is 1. The van der Waals surface area contributed by atoms with E-state index in [0.717, 1.165) is 19.4 Å². The quantitative estimate of drug-likeness (QED) is 0.396. The summed E-state index contributed by atoms with van der Waals surface area (Å²) in [5.41, 5.74) is 0.330. The van der Waals surface area contributed by atoms with E-state index in [1.807, 2.05) is 0 Å². The summed E-state index contributed by atoms with van der Waals surface area (Å²) in [7, 11) is 0. The highest BCUT2D eigenvalue weighted by molar-refractivity contribution is 5.70. The Bertz CT molecular complexity index is 357. The van der Waals surface area contributed by atoms with Gasteiger partial charge in [0.15, 0.2) is 6.29 Å². The highest BCUT2D eigenvalue weighted by Gasteiger charge is 1.98. The summed E-state index contributed by atoms with van der Waals surface area (Å²) in [5, 5.41) is 7.43. The monoisotopic (exact) mass is 285 g/mol. The number of nitrogens with zero attached hydrogens (tertiary/aromatic N) is 3. The average Bonchev–Trinajstić information content (AvgIpc) is 2.93. The molecule has 0 fully saturated rings. The lowest BCUT2D eigenvalue weighted by molar-refractivity contribution is 0.0123. The van der Waals surface area contributed by atoms with E-state index < -0.39 is 0 Å². The number of carbonyl (C=O) groups is 1. The molecule has 1 heterocycles. The molecule has 114 valence electrons. The molecular formula is C13H23N3O4. The Morgan fingerprint density at radius 3 is 2.35 bits per heavy atom. The van der Waals surface area contributed by atoms with Gasteiger partial charge >= 0.3 is 0 Å². The van der Waals surface area contributed by atoms with E-state index in [-0.39, 0.29) is 0 Å². The van der Waals surface area contributed by atoms with E-state index in [1.165, 1.54) is 0 Å². The molecule has 0 aromatic carbocycles. The number of hydrogen-bond acceptors (Lipinski definition) is 6. The molecule has 0 aliphatic carbocycles. The minimum atomic E-state index is 0.330. The summed E-state index contributed by atoms with van der Waals surface area (Å²) in [6.45, 7) is 6.33. The van der Waals surface area contributed by atoms with Gasteiger partial charge in [0.05, 0.1) is 45.8 Å². The Morgan fingerprint density at radius 1 is 1.10 bits per heavy atom. The smallest absolute Gasteiger partial charge is 0.171 e. The normalized spacial score (nSPS) is 10.8. The van der Waals surface area contributed by atoms with E-state index in [4.69, 9.17) is 14.2 Å². The number of aldehydes is 1. The fourth-order valence-corrected chi connectivity index (χ4v) is 1.42. The molecule has 1 aromatic rings. The van der Waals surface area contributed by atoms with Crippen molar-refractivity contribution in [2.45, 2.75) is 26.3 Å². The zero-order valence-corrected chi connectivity index (χ0v) is 12.0. The van der Waals surface area contributed by atoms with E-state index >= 15 is 0 Å². The van der Waals surface area contributed by atoms with Gasteiger partial charge in [-0.15, -0.1) is 5.10 Å². The molecular weight excluding hydrogens is 262 g/mol. The maximum absolute atomic E-state index is 10.4. The molecule has 7 heteroatoms. The molecule has 0 atom stereocenters. The minimum Gasteiger partial charge on any atom is -0.379 e. The Morgan fingerprint density at radius 2 is 1.75 bits per heavy atom. The summed E-state index contributed by atoms with van der Waals surface area (Å²) < 4.78 is 17.7. The molecule has 7 nitrogen and oxygen atoms in total. The molecule has 0 unspecified atom stereocenters. The van der Waals surface area contributed by atoms with Crippen LogP contribution in [-0.4, -0.2) is 60.9 Å². The fraction of sp³-hybridized carbons (Fsp3) is 0.769. The summed E-state index contributed by atoms with van der Waals surface area (Å²) in [4.78, 5) is 10.4. The molecule has 0 radical (unpaired) electrons. The van der Waals surface area contributed by atoms with Gasteiger partial charge in [0.25, 0.3) is 0 Å². The first-order chi connectivity index (χ1) is 9.86. The van der Waals surface area contributed by atoms with Crippen molar-refractivity contribution in [1.82, 2.24) is 15.0 Å². The Hall–Kier alpha value is -1.31. The van der Waals surface area contributed by atoms with Crippen LogP contribution in [0.1, 0.15) is 30.3 Å². The lowest BCUT2D eigenvalue weighted by atomic mass is 10.4. The molecule has 0 aliphatic rings. The summed E-state index contributed by atoms with van der Waals surface area (Å²) in [6.07, 6.45) is 4.49. The van der Waals surface area contributed by atoms with Crippen LogP contribution in [-0.2, 0) is 20.8 Å². The molecule has 0 spiro atoms. The van der Waals surface area contributed by atoms with Gasteiger partial charge in [-0.3, -0.25) is 4.79 Å². The second kappa shape index (κ2) is 11.5. The topological polar surface area (TPSA) is 75.5 Å². The number of rotatable bonds is 13. The second-order valence-corrected chi connectivity index (χ2v) is 4.22. The van der Waals surface area contributed by atoms with Crippen molar-refractivity contribution < 1.29 is 19.0 Å². The standard InChI is InChI=1S/C13H23N3O4/c1-2-3-5-18-7-9-20-10-8-19-6-4-16-11-13(12-17)14-15-16/h11-12H,2-10H2,1H3. The van der Waals surface area contributed by atoms with Crippen molar-refractivity contribution in [2.24, 2.45) is 0 Å². The van der Waals surface area contributed by atoms with Crippen LogP contribution in [0.4, 0.5) is 0 Å². The van der Waals surface area contributed by atoms with Gasteiger partial charge in [-0.25, -0.2) is 4.68 Å². The molecule has 0 amide bonds. The van der Waals surface area contributed by atoms with Gasteiger partial charge in [0.1, 0.15) is 5.69 Å². The summed E-state index contributed by atoms with van der Waals surface area (Å²) >= 11 is 0. The fourth-order valence-electron chi connectivity index (χ4n) is 1.42. The third-order valence-corrected chi connectivity index (χ3v) is 2.53. The molecule has 0 bridgehead atoms. The zero-order valence-electron chi connectivity index (χ0n) is 12.0. The Kier molecular flexibility index (Phi) is 9.64. The highest BCUT2D eigenvalue weighted by atomic mass is 16.5. The Labute approximate surface area is 119 Å². The van der Waals surface area contributed by atoms with Crippen LogP contribution in [0.15, 0.2) is 6.20 Å². The number of ether oxygens (including phenoxy) is 3. The first-order valence-electron chi connectivity index (χ1n) is 6.95. The van der Waals surface area contributed by atoms with Gasteiger partial charge in [-0.1, -0.05) is 18.6 Å². The maximum atomic E-state index is 10.4. The zero-order chi connectivity index (χ0) is 14.5. The van der Waals surface area contributed by atoms with Gasteiger partial charge in [0, 0.05) is 6.61 Å². The summed E-state index contributed by atoms with van der Waals surface area (Å²) in [5.74, 6) is 0. The molecule has 1 aromatic heterocycles. The minimum absolute atomic E-state index is 0.330. The number of carbonyl (C=O) groups excluding carboxylic acids is 1. The van der Waals surface area contributed by atoms with Crippen molar-refractivity contribution in [3.05, 3.63) is 11.9 Å². The van der Waals surface area contributed by atoms with Crippen LogP contribution in [0.5, 0.6) is 0 Å². The summed E-state index contributed by atoms with van der Waals surface area (Å²) in [6, 6.07) is 0. The Balaban J connectivity index is 1.84. The van der Waals surface area contributed by atoms with Crippen molar-refractivity contribution in [2.75, 3.05) is 39.6 Å². The molecule has 0 saturated heterocycles.